The third-order valence-electron chi connectivity index (χ3n) is 3.99. The van der Waals surface area contributed by atoms with Crippen LogP contribution >= 0.6 is 0 Å². The van der Waals surface area contributed by atoms with Gasteiger partial charge in [0.05, 0.1) is 11.3 Å². The van der Waals surface area contributed by atoms with Gasteiger partial charge in [0, 0.05) is 30.6 Å². The van der Waals surface area contributed by atoms with Gasteiger partial charge in [-0.1, -0.05) is 30.3 Å². The molecule has 3 rings (SSSR count). The van der Waals surface area contributed by atoms with Crippen LogP contribution in [0.1, 0.15) is 22.3 Å². The summed E-state index contributed by atoms with van der Waals surface area (Å²) in [6, 6.07) is 14.4. The molecular weight excluding hydrogens is 332 g/mol. The topological polar surface area (TPSA) is 90.1 Å². The van der Waals surface area contributed by atoms with E-state index in [4.69, 9.17) is 0 Å². The van der Waals surface area contributed by atoms with E-state index in [1.807, 2.05) is 30.3 Å². The third-order valence-corrected chi connectivity index (χ3v) is 3.99. The number of nitrogens with one attached hydrogen (secondary N) is 1. The summed E-state index contributed by atoms with van der Waals surface area (Å²) in [5, 5.41) is 14.2. The zero-order chi connectivity index (χ0) is 18.4. The predicted octanol–water partition coefficient (Wildman–Crippen LogP) is 3.14. The summed E-state index contributed by atoms with van der Waals surface area (Å²) in [5.41, 5.74) is 1.70. The maximum absolute atomic E-state index is 12.3. The van der Waals surface area contributed by atoms with E-state index in [1.54, 1.807) is 22.9 Å². The smallest absolute Gasteiger partial charge is 0.294 e. The maximum Gasteiger partial charge on any atom is 0.294 e. The van der Waals surface area contributed by atoms with E-state index < -0.39 is 4.92 Å². The summed E-state index contributed by atoms with van der Waals surface area (Å²) in [7, 11) is 0. The lowest BCUT2D eigenvalue weighted by Gasteiger charge is -2.08. The molecule has 0 saturated heterocycles. The molecule has 0 spiro atoms. The molecule has 7 heteroatoms. The van der Waals surface area contributed by atoms with Gasteiger partial charge < -0.3 is 9.88 Å². The lowest BCUT2D eigenvalue weighted by Crippen LogP contribution is -2.25. The Morgan fingerprint density at radius 2 is 2.00 bits per heavy atom. The summed E-state index contributed by atoms with van der Waals surface area (Å²) in [6.07, 6.45) is 6.29. The van der Waals surface area contributed by atoms with Crippen molar-refractivity contribution in [2.24, 2.45) is 0 Å². The molecule has 26 heavy (non-hydrogen) atoms. The largest absolute Gasteiger partial charge is 0.352 e. The summed E-state index contributed by atoms with van der Waals surface area (Å²) < 4.78 is 1.54. The third kappa shape index (κ3) is 4.13. The Morgan fingerprint density at radius 1 is 1.19 bits per heavy atom. The fraction of sp³-hybridized carbons (Fsp3) is 0.158. The maximum atomic E-state index is 12.3. The molecule has 1 heterocycles. The fourth-order valence-electron chi connectivity index (χ4n) is 2.67. The highest BCUT2D eigenvalue weighted by Gasteiger charge is 2.18. The Bertz CT molecular complexity index is 892. The molecule has 0 aliphatic carbocycles. The van der Waals surface area contributed by atoms with E-state index in [0.717, 1.165) is 12.8 Å². The number of nitrogens with zero attached hydrogens (tertiary/aromatic N) is 3. The summed E-state index contributed by atoms with van der Waals surface area (Å²) >= 11 is 0. The molecule has 132 valence electrons. The second-order valence-electron chi connectivity index (χ2n) is 5.78. The first-order valence-electron chi connectivity index (χ1n) is 8.24. The Labute approximate surface area is 150 Å². The van der Waals surface area contributed by atoms with Crippen LogP contribution in [-0.4, -0.2) is 26.9 Å². The number of nitro groups is 1. The number of imidazole rings is 1. The highest BCUT2D eigenvalue weighted by atomic mass is 16.6. The zero-order valence-corrected chi connectivity index (χ0v) is 14.0. The average molecular weight is 350 g/mol. The number of rotatable bonds is 7. The van der Waals surface area contributed by atoms with E-state index in [0.29, 0.717) is 12.2 Å². The number of carbonyl (C=O) groups is 1. The van der Waals surface area contributed by atoms with Gasteiger partial charge in [-0.2, -0.15) is 0 Å². The summed E-state index contributed by atoms with van der Waals surface area (Å²) in [4.78, 5) is 27.0. The van der Waals surface area contributed by atoms with Gasteiger partial charge in [-0.05, 0) is 30.5 Å². The number of carbonyl (C=O) groups excluding carboxylic acids is 1. The second kappa shape index (κ2) is 8.06. The van der Waals surface area contributed by atoms with Crippen LogP contribution in [0.15, 0.2) is 67.3 Å². The van der Waals surface area contributed by atoms with Crippen molar-refractivity contribution in [3.05, 3.63) is 88.5 Å². The van der Waals surface area contributed by atoms with Crippen LogP contribution in [0.2, 0.25) is 0 Å². The monoisotopic (exact) mass is 350 g/mol. The van der Waals surface area contributed by atoms with Gasteiger partial charge in [0.1, 0.15) is 5.69 Å². The number of hydrogen-bond acceptors (Lipinski definition) is 4. The zero-order valence-electron chi connectivity index (χ0n) is 14.0. The molecule has 7 nitrogen and oxygen atoms in total. The normalized spacial score (nSPS) is 10.5. The second-order valence-corrected chi connectivity index (χ2v) is 5.78. The molecular formula is C19H18N4O3. The number of aromatic nitrogens is 2. The average Bonchev–Trinajstić information content (AvgIpc) is 3.20. The predicted molar refractivity (Wildman–Crippen MR) is 97.3 cm³/mol. The van der Waals surface area contributed by atoms with Crippen LogP contribution in [0.25, 0.3) is 5.69 Å². The van der Waals surface area contributed by atoms with Crippen molar-refractivity contribution in [3.63, 3.8) is 0 Å². The SMILES string of the molecule is O=C(NCCCc1ccccc1)c1ccc(-n2ccnc2)c([N+](=O)[O-])c1. The minimum absolute atomic E-state index is 0.139. The minimum Gasteiger partial charge on any atom is -0.352 e. The van der Waals surface area contributed by atoms with Gasteiger partial charge in [-0.15, -0.1) is 0 Å². The number of hydrogen-bond donors (Lipinski definition) is 1. The van der Waals surface area contributed by atoms with E-state index in [2.05, 4.69) is 10.3 Å². The molecule has 0 aliphatic heterocycles. The number of aryl methyl sites for hydroxylation is 1. The van der Waals surface area contributed by atoms with Crippen molar-refractivity contribution in [3.8, 4) is 5.69 Å². The molecule has 0 bridgehead atoms. The molecule has 0 fully saturated rings. The van der Waals surface area contributed by atoms with Crippen LogP contribution < -0.4 is 5.32 Å². The first-order valence-corrected chi connectivity index (χ1v) is 8.24. The number of benzene rings is 2. The number of amides is 1. The fourth-order valence-corrected chi connectivity index (χ4v) is 2.67. The van der Waals surface area contributed by atoms with Crippen molar-refractivity contribution >= 4 is 11.6 Å². The van der Waals surface area contributed by atoms with E-state index in [9.17, 15) is 14.9 Å². The molecule has 3 aromatic rings. The number of nitro benzene ring substituents is 1. The van der Waals surface area contributed by atoms with Gasteiger partial charge in [0.2, 0.25) is 0 Å². The van der Waals surface area contributed by atoms with Crippen LogP contribution in [0, 0.1) is 10.1 Å². The molecule has 1 aromatic heterocycles. The highest BCUT2D eigenvalue weighted by Crippen LogP contribution is 2.24. The van der Waals surface area contributed by atoms with Crippen LogP contribution in [0.3, 0.4) is 0 Å². The van der Waals surface area contributed by atoms with Crippen molar-refractivity contribution in [2.75, 3.05) is 6.54 Å². The Hall–Kier alpha value is -3.48. The molecule has 1 amide bonds. The minimum atomic E-state index is -0.498. The molecule has 0 saturated carbocycles. The van der Waals surface area contributed by atoms with E-state index in [1.165, 1.54) is 24.2 Å². The Balaban J connectivity index is 1.64. The van der Waals surface area contributed by atoms with Crippen molar-refractivity contribution < 1.29 is 9.72 Å². The van der Waals surface area contributed by atoms with Gasteiger partial charge >= 0.3 is 0 Å². The molecule has 2 aromatic carbocycles. The Morgan fingerprint density at radius 3 is 2.69 bits per heavy atom. The lowest BCUT2D eigenvalue weighted by molar-refractivity contribution is -0.384. The van der Waals surface area contributed by atoms with Crippen molar-refractivity contribution in [1.82, 2.24) is 14.9 Å². The summed E-state index contributed by atoms with van der Waals surface area (Å²) in [6.45, 7) is 0.505. The van der Waals surface area contributed by atoms with Crippen molar-refractivity contribution in [2.45, 2.75) is 12.8 Å². The molecule has 0 radical (unpaired) electrons. The van der Waals surface area contributed by atoms with Crippen LogP contribution in [-0.2, 0) is 6.42 Å². The molecule has 0 atom stereocenters. The van der Waals surface area contributed by atoms with Gasteiger partial charge in [0.15, 0.2) is 0 Å². The molecule has 0 unspecified atom stereocenters. The van der Waals surface area contributed by atoms with E-state index >= 15 is 0 Å². The highest BCUT2D eigenvalue weighted by molar-refractivity contribution is 5.95. The quantitative estimate of drug-likeness (QED) is 0.403. The van der Waals surface area contributed by atoms with Crippen LogP contribution in [0.4, 0.5) is 5.69 Å². The van der Waals surface area contributed by atoms with Gasteiger partial charge in [-0.3, -0.25) is 14.9 Å². The van der Waals surface area contributed by atoms with Crippen LogP contribution in [0.5, 0.6) is 0 Å². The standard InChI is InChI=1S/C19H18N4O3/c24-19(21-10-4-7-15-5-2-1-3-6-15)16-8-9-17(18(13-16)23(25)26)22-12-11-20-14-22/h1-3,5-6,8-9,11-14H,4,7,10H2,(H,21,24). The van der Waals surface area contributed by atoms with E-state index in [-0.39, 0.29) is 17.2 Å². The summed E-state index contributed by atoms with van der Waals surface area (Å²) in [5.74, 6) is -0.321. The van der Waals surface area contributed by atoms with Crippen molar-refractivity contribution in [1.29, 1.82) is 0 Å². The first kappa shape index (κ1) is 17.3. The van der Waals surface area contributed by atoms with Gasteiger partial charge in [0.25, 0.3) is 11.6 Å². The molecule has 1 N–H and O–H groups in total. The van der Waals surface area contributed by atoms with Gasteiger partial charge in [-0.25, -0.2) is 4.98 Å². The Kier molecular flexibility index (Phi) is 5.38. The molecule has 0 aliphatic rings. The first-order chi connectivity index (χ1) is 12.6. The lowest BCUT2D eigenvalue weighted by atomic mass is 10.1.